The molecule has 0 radical (unpaired) electrons. The Kier molecular flexibility index (Phi) is 6.07. The van der Waals surface area contributed by atoms with Gasteiger partial charge in [0.2, 0.25) is 0 Å². The lowest BCUT2D eigenvalue weighted by atomic mass is 9.87. The van der Waals surface area contributed by atoms with E-state index in [-0.39, 0.29) is 18.1 Å². The Labute approximate surface area is 187 Å². The molecule has 0 bridgehead atoms. The van der Waals surface area contributed by atoms with Crippen LogP contribution in [-0.2, 0) is 18.7 Å². The first-order valence-corrected chi connectivity index (χ1v) is 10.5. The summed E-state index contributed by atoms with van der Waals surface area (Å²) in [6, 6.07) is 21.5. The predicted octanol–water partition coefficient (Wildman–Crippen LogP) is 4.71. The van der Waals surface area contributed by atoms with Gasteiger partial charge in [-0.3, -0.25) is 9.48 Å². The molecule has 7 heteroatoms. The lowest BCUT2D eigenvalue weighted by Gasteiger charge is -2.19. The molecule has 2 aromatic carbocycles. The zero-order valence-corrected chi connectivity index (χ0v) is 18.5. The molecular formula is C25H27N5O2. The second-order valence-electron chi connectivity index (χ2n) is 8.63. The quantitative estimate of drug-likeness (QED) is 0.462. The van der Waals surface area contributed by atoms with Gasteiger partial charge in [-0.05, 0) is 34.7 Å². The van der Waals surface area contributed by atoms with Crippen LogP contribution in [-0.4, -0.2) is 25.5 Å². The van der Waals surface area contributed by atoms with Gasteiger partial charge in [0.1, 0.15) is 5.75 Å². The molecule has 0 spiro atoms. The topological polar surface area (TPSA) is 74.0 Å². The van der Waals surface area contributed by atoms with Gasteiger partial charge in [0.05, 0.1) is 6.54 Å². The predicted molar refractivity (Wildman–Crippen MR) is 124 cm³/mol. The van der Waals surface area contributed by atoms with Gasteiger partial charge in [-0.25, -0.2) is 4.68 Å². The van der Waals surface area contributed by atoms with E-state index in [1.54, 1.807) is 27.7 Å². The number of ether oxygens (including phenoxy) is 1. The first kappa shape index (κ1) is 21.4. The number of carbonyl (C=O) groups excluding carboxylic acids is 1. The Morgan fingerprint density at radius 2 is 1.62 bits per heavy atom. The van der Waals surface area contributed by atoms with Gasteiger partial charge < -0.3 is 10.1 Å². The molecule has 4 aromatic rings. The largest absolute Gasteiger partial charge is 0.471 e. The fourth-order valence-electron chi connectivity index (χ4n) is 3.21. The van der Waals surface area contributed by atoms with Crippen molar-refractivity contribution in [3.05, 3.63) is 95.9 Å². The second-order valence-corrected chi connectivity index (χ2v) is 8.63. The van der Waals surface area contributed by atoms with Crippen molar-refractivity contribution in [3.63, 3.8) is 0 Å². The summed E-state index contributed by atoms with van der Waals surface area (Å²) in [5.74, 6) is 0.919. The number of benzene rings is 2. The van der Waals surface area contributed by atoms with Crippen LogP contribution in [0, 0.1) is 0 Å². The number of nitrogens with zero attached hydrogens (tertiary/aromatic N) is 4. The summed E-state index contributed by atoms with van der Waals surface area (Å²) < 4.78 is 9.15. The van der Waals surface area contributed by atoms with Crippen LogP contribution in [0.2, 0.25) is 0 Å². The zero-order valence-electron chi connectivity index (χ0n) is 18.5. The number of nitrogens with one attached hydrogen (secondary N) is 1. The molecule has 0 aliphatic carbocycles. The maximum absolute atomic E-state index is 12.5. The minimum Gasteiger partial charge on any atom is -0.471 e. The fourth-order valence-corrected chi connectivity index (χ4v) is 3.21. The standard InChI is InChI=1S/C25H27N5O2/c1-25(2,3)20-9-11-21(12-10-20)32-18-30-15-13-22(27-30)24(31)26-23-14-16-29(28-23)17-19-7-5-4-6-8-19/h4-16H,17-18H2,1-3H3,(H,26,28,31). The number of rotatable bonds is 7. The van der Waals surface area contributed by atoms with Gasteiger partial charge >= 0.3 is 0 Å². The molecule has 1 N–H and O–H groups in total. The first-order chi connectivity index (χ1) is 15.4. The van der Waals surface area contributed by atoms with Crippen molar-refractivity contribution in [2.45, 2.75) is 39.5 Å². The van der Waals surface area contributed by atoms with Crippen molar-refractivity contribution in [2.75, 3.05) is 5.32 Å². The van der Waals surface area contributed by atoms with E-state index >= 15 is 0 Å². The Balaban J connectivity index is 1.31. The van der Waals surface area contributed by atoms with E-state index < -0.39 is 0 Å². The van der Waals surface area contributed by atoms with E-state index in [2.05, 4.69) is 48.4 Å². The monoisotopic (exact) mass is 429 g/mol. The Hall–Kier alpha value is -3.87. The van der Waals surface area contributed by atoms with Crippen LogP contribution in [0.3, 0.4) is 0 Å². The third kappa shape index (κ3) is 5.43. The molecule has 0 fully saturated rings. The highest BCUT2D eigenvalue weighted by atomic mass is 16.5. The summed E-state index contributed by atoms with van der Waals surface area (Å²) in [5, 5.41) is 11.5. The second kappa shape index (κ2) is 9.09. The minimum atomic E-state index is -0.316. The highest BCUT2D eigenvalue weighted by Crippen LogP contribution is 2.24. The first-order valence-electron chi connectivity index (χ1n) is 10.5. The van der Waals surface area contributed by atoms with Crippen LogP contribution in [0.25, 0.3) is 0 Å². The van der Waals surface area contributed by atoms with Crippen LogP contribution < -0.4 is 10.1 Å². The number of hydrogen-bond acceptors (Lipinski definition) is 4. The van der Waals surface area contributed by atoms with E-state index in [1.807, 2.05) is 48.7 Å². The van der Waals surface area contributed by atoms with E-state index in [0.717, 1.165) is 11.3 Å². The highest BCUT2D eigenvalue weighted by molar-refractivity contribution is 6.02. The number of aromatic nitrogens is 4. The molecule has 0 aliphatic rings. The molecule has 164 valence electrons. The highest BCUT2D eigenvalue weighted by Gasteiger charge is 2.14. The average molecular weight is 430 g/mol. The van der Waals surface area contributed by atoms with E-state index in [0.29, 0.717) is 18.1 Å². The summed E-state index contributed by atoms with van der Waals surface area (Å²) in [5.41, 5.74) is 2.78. The summed E-state index contributed by atoms with van der Waals surface area (Å²) in [6.45, 7) is 7.38. The Bertz CT molecular complexity index is 1170. The fraction of sp³-hybridized carbons (Fsp3) is 0.240. The Morgan fingerprint density at radius 3 is 2.34 bits per heavy atom. The lowest BCUT2D eigenvalue weighted by molar-refractivity contribution is 0.101. The molecule has 0 saturated heterocycles. The van der Waals surface area contributed by atoms with Gasteiger partial charge in [-0.15, -0.1) is 0 Å². The zero-order chi connectivity index (χ0) is 22.6. The van der Waals surface area contributed by atoms with Crippen LogP contribution in [0.15, 0.2) is 79.1 Å². The van der Waals surface area contributed by atoms with Crippen LogP contribution in [0.1, 0.15) is 42.4 Å². The molecule has 32 heavy (non-hydrogen) atoms. The molecule has 7 nitrogen and oxygen atoms in total. The minimum absolute atomic E-state index is 0.0974. The summed E-state index contributed by atoms with van der Waals surface area (Å²) >= 11 is 0. The molecule has 2 heterocycles. The number of amides is 1. The summed E-state index contributed by atoms with van der Waals surface area (Å²) in [7, 11) is 0. The molecule has 0 atom stereocenters. The molecule has 0 saturated carbocycles. The third-order valence-corrected chi connectivity index (χ3v) is 5.03. The van der Waals surface area contributed by atoms with Gasteiger partial charge in [-0.2, -0.15) is 10.2 Å². The number of carbonyl (C=O) groups is 1. The van der Waals surface area contributed by atoms with E-state index in [4.69, 9.17) is 4.74 Å². The normalized spacial score (nSPS) is 11.3. The Morgan fingerprint density at radius 1 is 0.906 bits per heavy atom. The van der Waals surface area contributed by atoms with Gasteiger partial charge in [0, 0.05) is 18.5 Å². The van der Waals surface area contributed by atoms with Crippen molar-refractivity contribution in [1.82, 2.24) is 19.6 Å². The van der Waals surface area contributed by atoms with Crippen molar-refractivity contribution in [2.24, 2.45) is 0 Å². The van der Waals surface area contributed by atoms with Crippen molar-refractivity contribution in [1.29, 1.82) is 0 Å². The molecule has 1 amide bonds. The van der Waals surface area contributed by atoms with Crippen LogP contribution in [0.4, 0.5) is 5.82 Å². The molecule has 2 aromatic heterocycles. The van der Waals surface area contributed by atoms with Crippen molar-refractivity contribution >= 4 is 11.7 Å². The van der Waals surface area contributed by atoms with Crippen LogP contribution in [0.5, 0.6) is 5.75 Å². The average Bonchev–Trinajstić information content (AvgIpc) is 3.42. The van der Waals surface area contributed by atoms with E-state index in [9.17, 15) is 4.79 Å². The van der Waals surface area contributed by atoms with Gasteiger partial charge in [0.25, 0.3) is 5.91 Å². The summed E-state index contributed by atoms with van der Waals surface area (Å²) in [6.07, 6.45) is 3.55. The number of hydrogen-bond donors (Lipinski definition) is 1. The lowest BCUT2D eigenvalue weighted by Crippen LogP contribution is -2.15. The van der Waals surface area contributed by atoms with Crippen molar-refractivity contribution < 1.29 is 9.53 Å². The van der Waals surface area contributed by atoms with Crippen molar-refractivity contribution in [3.8, 4) is 5.75 Å². The van der Waals surface area contributed by atoms with Crippen LogP contribution >= 0.6 is 0 Å². The maximum atomic E-state index is 12.5. The molecule has 4 rings (SSSR count). The number of anilines is 1. The smallest absolute Gasteiger partial charge is 0.277 e. The molecule has 0 unspecified atom stereocenters. The third-order valence-electron chi connectivity index (χ3n) is 5.03. The van der Waals surface area contributed by atoms with Gasteiger partial charge in [-0.1, -0.05) is 63.2 Å². The maximum Gasteiger partial charge on any atom is 0.277 e. The van der Waals surface area contributed by atoms with E-state index in [1.165, 1.54) is 5.56 Å². The molecule has 0 aliphatic heterocycles. The SMILES string of the molecule is CC(C)(C)c1ccc(OCn2ccc(C(=O)Nc3ccn(Cc4ccccc4)n3)n2)cc1. The summed E-state index contributed by atoms with van der Waals surface area (Å²) in [4.78, 5) is 12.5. The molecular weight excluding hydrogens is 402 g/mol. The van der Waals surface area contributed by atoms with Gasteiger partial charge in [0.15, 0.2) is 18.2 Å².